The first-order chi connectivity index (χ1) is 30.3. The van der Waals surface area contributed by atoms with E-state index in [-0.39, 0.29) is 45.4 Å². The highest BCUT2D eigenvalue weighted by atomic mass is 16.7. The summed E-state index contributed by atoms with van der Waals surface area (Å²) >= 11 is 0. The third-order valence-electron chi connectivity index (χ3n) is 11.1. The van der Waals surface area contributed by atoms with Gasteiger partial charge < -0.3 is 33.2 Å². The first-order valence-electron chi connectivity index (χ1n) is 21.2. The van der Waals surface area contributed by atoms with Crippen LogP contribution in [0.4, 0.5) is 0 Å². The van der Waals surface area contributed by atoms with E-state index in [1.54, 1.807) is 17.0 Å². The molecule has 4 N–H and O–H groups in total. The van der Waals surface area contributed by atoms with Gasteiger partial charge in [0.1, 0.15) is 55.3 Å². The van der Waals surface area contributed by atoms with E-state index in [0.29, 0.717) is 65.6 Å². The zero-order valence-electron chi connectivity index (χ0n) is 36.6. The van der Waals surface area contributed by atoms with Crippen molar-refractivity contribution in [3.63, 3.8) is 0 Å². The van der Waals surface area contributed by atoms with Crippen molar-refractivity contribution in [2.45, 2.75) is 110 Å². The zero-order valence-corrected chi connectivity index (χ0v) is 36.6. The van der Waals surface area contributed by atoms with E-state index >= 15 is 0 Å². The lowest BCUT2D eigenvalue weighted by Gasteiger charge is -2.31. The zero-order chi connectivity index (χ0) is 45.0. The molecule has 0 aliphatic carbocycles. The first-order valence-corrected chi connectivity index (χ1v) is 21.2. The molecule has 0 spiro atoms. The Bertz CT molecular complexity index is 2240. The van der Waals surface area contributed by atoms with Gasteiger partial charge in [0.05, 0.1) is 17.6 Å². The fourth-order valence-corrected chi connectivity index (χ4v) is 7.52. The fourth-order valence-electron chi connectivity index (χ4n) is 7.52. The van der Waals surface area contributed by atoms with Crippen molar-refractivity contribution in [3.05, 3.63) is 124 Å². The second kappa shape index (κ2) is 21.4. The highest BCUT2D eigenvalue weighted by Gasteiger charge is 2.37. The van der Waals surface area contributed by atoms with Gasteiger partial charge in [0.25, 0.3) is 11.8 Å². The average Bonchev–Trinajstić information content (AvgIpc) is 3.77. The molecule has 336 valence electrons. The number of amides is 2. The fraction of sp³-hybridized carbons (Fsp3) is 0.408. The van der Waals surface area contributed by atoms with Crippen molar-refractivity contribution in [3.8, 4) is 28.7 Å². The Hall–Kier alpha value is -5.93. The Morgan fingerprint density at radius 1 is 0.794 bits per heavy atom. The molecule has 0 bridgehead atoms. The summed E-state index contributed by atoms with van der Waals surface area (Å²) < 4.78 is 43.5. The number of benzene rings is 4. The lowest BCUT2D eigenvalue weighted by molar-refractivity contribution is -0.140. The van der Waals surface area contributed by atoms with E-state index in [9.17, 15) is 14.4 Å². The maximum Gasteiger partial charge on any atom is 0.269 e. The summed E-state index contributed by atoms with van der Waals surface area (Å²) in [7, 11) is 0. The normalized spacial score (nSPS) is 14.7. The molecule has 2 aliphatic rings. The third-order valence-corrected chi connectivity index (χ3v) is 11.1. The van der Waals surface area contributed by atoms with Crippen LogP contribution in [0.5, 0.6) is 28.7 Å². The first kappa shape index (κ1) is 46.6. The number of hydrogen-bond donors (Lipinski definition) is 4. The molecular formula is C49H58N2O12. The lowest BCUT2D eigenvalue weighted by atomic mass is 9.88. The van der Waals surface area contributed by atoms with E-state index in [2.05, 4.69) is 13.0 Å². The minimum absolute atomic E-state index is 0.0297. The van der Waals surface area contributed by atoms with Gasteiger partial charge in [-0.05, 0) is 90.3 Å². The van der Waals surface area contributed by atoms with Crippen LogP contribution in [-0.4, -0.2) is 59.2 Å². The Kier molecular flexibility index (Phi) is 15.8. The van der Waals surface area contributed by atoms with Crippen LogP contribution < -0.4 is 34.6 Å². The van der Waals surface area contributed by atoms with Crippen molar-refractivity contribution < 1.29 is 58.0 Å². The van der Waals surface area contributed by atoms with Crippen LogP contribution in [0, 0.1) is 0 Å². The molecule has 63 heavy (non-hydrogen) atoms. The van der Waals surface area contributed by atoms with Crippen molar-refractivity contribution in [1.29, 1.82) is 0 Å². The van der Waals surface area contributed by atoms with Gasteiger partial charge in [-0.15, -0.1) is 0 Å². The summed E-state index contributed by atoms with van der Waals surface area (Å²) in [6.07, 6.45) is 5.06. The topological polar surface area (TPSA) is 180 Å². The lowest BCUT2D eigenvalue weighted by Crippen LogP contribution is -2.32. The Balaban J connectivity index is 1.32. The van der Waals surface area contributed by atoms with E-state index < -0.39 is 29.1 Å². The number of ketones is 1. The van der Waals surface area contributed by atoms with Gasteiger partial charge in [0, 0.05) is 22.8 Å². The minimum Gasteiger partial charge on any atom is -0.488 e. The van der Waals surface area contributed by atoms with E-state index in [4.69, 9.17) is 43.6 Å². The van der Waals surface area contributed by atoms with Gasteiger partial charge in [0.15, 0.2) is 17.3 Å². The molecule has 6 rings (SSSR count). The number of hydroxylamine groups is 2. The maximum atomic E-state index is 14.7. The predicted octanol–water partition coefficient (Wildman–Crippen LogP) is 8.47. The van der Waals surface area contributed by atoms with Crippen LogP contribution in [0.3, 0.4) is 0 Å². The summed E-state index contributed by atoms with van der Waals surface area (Å²) in [5.74, 6) is 0.984. The number of fused-ring (bicyclic) bond motifs is 2. The standard InChI is InChI=1S/C49H58N2O12/c1-32(13-12-23-48(2,3)61-29-43(53)50-55)18-19-36-35(20-21-39-46(36)60-31-59-39)41-25-38(52)45-42(63-41)26-40(57-27-33-14-8-6-9-15-33)37(22-24-49(4,5)62-30-44(54)51-56)47(45)58-28-34-16-10-7-11-17-34/h6-11,14-18,20-21,26,41,55-56H,12-13,19,22-25,27-31H2,1-5H3,(H,50,53)(H,51,54)/b32-18+. The van der Waals surface area contributed by atoms with Crippen molar-refractivity contribution in [2.75, 3.05) is 20.0 Å². The minimum atomic E-state index is -0.810. The molecular weight excluding hydrogens is 809 g/mol. The van der Waals surface area contributed by atoms with Gasteiger partial charge in [-0.2, -0.15) is 0 Å². The molecule has 2 amide bonds. The average molecular weight is 867 g/mol. The second-order valence-electron chi connectivity index (χ2n) is 17.0. The highest BCUT2D eigenvalue weighted by Crippen LogP contribution is 2.49. The molecule has 0 fully saturated rings. The van der Waals surface area contributed by atoms with E-state index in [1.807, 2.05) is 100 Å². The quantitative estimate of drug-likeness (QED) is 0.0337. The molecule has 4 aromatic carbocycles. The van der Waals surface area contributed by atoms with Crippen molar-refractivity contribution in [2.24, 2.45) is 0 Å². The molecule has 2 aliphatic heterocycles. The second-order valence-corrected chi connectivity index (χ2v) is 17.0. The molecule has 4 aromatic rings. The Morgan fingerprint density at radius 3 is 2.05 bits per heavy atom. The highest BCUT2D eigenvalue weighted by molar-refractivity contribution is 6.03. The van der Waals surface area contributed by atoms with E-state index in [0.717, 1.165) is 40.7 Å². The van der Waals surface area contributed by atoms with Crippen molar-refractivity contribution >= 4 is 17.6 Å². The number of allylic oxidation sites excluding steroid dienone is 2. The number of carbonyl (C=O) groups is 3. The smallest absolute Gasteiger partial charge is 0.269 e. The Labute approximate surface area is 368 Å². The van der Waals surface area contributed by atoms with Crippen LogP contribution in [0.1, 0.15) is 111 Å². The number of hydrogen-bond acceptors (Lipinski definition) is 12. The van der Waals surface area contributed by atoms with Crippen LogP contribution in [0.2, 0.25) is 0 Å². The number of Topliss-reactive ketones (excluding diaryl/α,β-unsaturated/α-hetero) is 1. The third kappa shape index (κ3) is 12.8. The van der Waals surface area contributed by atoms with Gasteiger partial charge in [-0.3, -0.25) is 24.8 Å². The molecule has 14 heteroatoms. The molecule has 2 heterocycles. The molecule has 0 saturated heterocycles. The largest absolute Gasteiger partial charge is 0.488 e. The number of carbonyl (C=O) groups excluding carboxylic acids is 3. The van der Waals surface area contributed by atoms with Crippen LogP contribution in [-0.2, 0) is 45.1 Å². The molecule has 1 unspecified atom stereocenters. The predicted molar refractivity (Wildman–Crippen MR) is 232 cm³/mol. The number of nitrogens with one attached hydrogen (secondary N) is 2. The summed E-state index contributed by atoms with van der Waals surface area (Å²) in [6, 6.07) is 25.0. The van der Waals surface area contributed by atoms with Crippen LogP contribution in [0.25, 0.3) is 0 Å². The van der Waals surface area contributed by atoms with Gasteiger partial charge in [-0.1, -0.05) is 78.4 Å². The van der Waals surface area contributed by atoms with Gasteiger partial charge >= 0.3 is 0 Å². The molecule has 0 aromatic heterocycles. The van der Waals surface area contributed by atoms with Crippen LogP contribution in [0.15, 0.2) is 90.5 Å². The summed E-state index contributed by atoms with van der Waals surface area (Å²) in [6.45, 7) is 9.52. The van der Waals surface area contributed by atoms with E-state index in [1.165, 1.54) is 0 Å². The molecule has 0 radical (unpaired) electrons. The maximum absolute atomic E-state index is 14.7. The van der Waals surface area contributed by atoms with Gasteiger partial charge in [0.2, 0.25) is 6.79 Å². The molecule has 1 atom stereocenters. The summed E-state index contributed by atoms with van der Waals surface area (Å²) in [5, 5.41) is 17.9. The van der Waals surface area contributed by atoms with Crippen molar-refractivity contribution in [1.82, 2.24) is 11.0 Å². The number of ether oxygens (including phenoxy) is 7. The number of rotatable bonds is 22. The molecule has 14 nitrogen and oxygen atoms in total. The van der Waals surface area contributed by atoms with Crippen LogP contribution >= 0.6 is 0 Å². The summed E-state index contributed by atoms with van der Waals surface area (Å²) in [5.41, 5.74) is 7.47. The van der Waals surface area contributed by atoms with Gasteiger partial charge in [-0.25, -0.2) is 11.0 Å². The Morgan fingerprint density at radius 2 is 1.41 bits per heavy atom. The molecule has 0 saturated carbocycles. The SMILES string of the molecule is C/C(=C\Cc1c(C2CC(=O)c3c(cc(OCc4ccccc4)c(CCC(C)(C)OCC(=O)NO)c3OCc3ccccc3)O2)ccc2c1OCO2)CCCC(C)(C)OCC(=O)NO. The summed E-state index contributed by atoms with van der Waals surface area (Å²) in [4.78, 5) is 38.0. The monoisotopic (exact) mass is 866 g/mol.